The standard InChI is InChI=1S/C11H11ClN2O3/c1-6(2)13-10(15)8-4-3-7(12)5-9(8)14(13)11(16)17/h3-6H,1-2H3,(H,16,17). The van der Waals surface area contributed by atoms with E-state index >= 15 is 0 Å². The van der Waals surface area contributed by atoms with Crippen molar-refractivity contribution in [2.24, 2.45) is 0 Å². The summed E-state index contributed by atoms with van der Waals surface area (Å²) in [6, 6.07) is 4.34. The summed E-state index contributed by atoms with van der Waals surface area (Å²) in [6.07, 6.45) is -1.20. The largest absolute Gasteiger partial charge is 0.463 e. The van der Waals surface area contributed by atoms with Gasteiger partial charge >= 0.3 is 6.09 Å². The number of hydrogen-bond donors (Lipinski definition) is 1. The molecule has 5 nitrogen and oxygen atoms in total. The summed E-state index contributed by atoms with van der Waals surface area (Å²) in [5.41, 5.74) is -0.0160. The zero-order chi connectivity index (χ0) is 12.7. The molecule has 0 amide bonds. The van der Waals surface area contributed by atoms with Gasteiger partial charge in [-0.05, 0) is 32.0 Å². The highest BCUT2D eigenvalue weighted by Gasteiger charge is 2.19. The second kappa shape index (κ2) is 3.92. The van der Waals surface area contributed by atoms with Crippen molar-refractivity contribution in [1.29, 1.82) is 0 Å². The Morgan fingerprint density at radius 3 is 2.59 bits per heavy atom. The first-order valence-electron chi connectivity index (χ1n) is 5.09. The number of hydrogen-bond acceptors (Lipinski definition) is 2. The monoisotopic (exact) mass is 254 g/mol. The van der Waals surface area contributed by atoms with Gasteiger partial charge in [0.25, 0.3) is 5.56 Å². The highest BCUT2D eigenvalue weighted by molar-refractivity contribution is 6.31. The van der Waals surface area contributed by atoms with Gasteiger partial charge in [0.2, 0.25) is 0 Å². The quantitative estimate of drug-likeness (QED) is 0.851. The van der Waals surface area contributed by atoms with E-state index in [2.05, 4.69) is 0 Å². The Bertz CT molecular complexity index is 655. The minimum Gasteiger partial charge on any atom is -0.463 e. The molecule has 0 radical (unpaired) electrons. The van der Waals surface area contributed by atoms with Crippen LogP contribution >= 0.6 is 11.6 Å². The first-order chi connectivity index (χ1) is 7.93. The van der Waals surface area contributed by atoms with E-state index in [0.29, 0.717) is 15.9 Å². The van der Waals surface area contributed by atoms with Gasteiger partial charge in [-0.1, -0.05) is 11.6 Å². The minimum absolute atomic E-state index is 0.246. The van der Waals surface area contributed by atoms with Gasteiger partial charge in [0, 0.05) is 11.1 Å². The van der Waals surface area contributed by atoms with Crippen LogP contribution in [0.1, 0.15) is 19.9 Å². The van der Waals surface area contributed by atoms with Crippen LogP contribution in [0, 0.1) is 0 Å². The molecule has 0 aliphatic rings. The van der Waals surface area contributed by atoms with Gasteiger partial charge in [-0.3, -0.25) is 4.79 Å². The van der Waals surface area contributed by atoms with Gasteiger partial charge in [-0.2, -0.15) is 4.68 Å². The molecule has 0 atom stereocenters. The molecule has 0 fully saturated rings. The molecule has 1 aromatic heterocycles. The van der Waals surface area contributed by atoms with Crippen LogP contribution in [-0.4, -0.2) is 20.6 Å². The number of nitrogens with zero attached hydrogens (tertiary/aromatic N) is 2. The van der Waals surface area contributed by atoms with Crippen molar-refractivity contribution in [3.8, 4) is 0 Å². The molecule has 1 aromatic carbocycles. The molecule has 0 saturated heterocycles. The molecule has 0 aliphatic heterocycles. The van der Waals surface area contributed by atoms with Crippen molar-refractivity contribution in [3.63, 3.8) is 0 Å². The smallest absolute Gasteiger partial charge is 0.431 e. The Labute approximate surface area is 102 Å². The van der Waals surface area contributed by atoms with Gasteiger partial charge in [-0.15, -0.1) is 0 Å². The van der Waals surface area contributed by atoms with Crippen molar-refractivity contribution in [2.45, 2.75) is 19.9 Å². The lowest BCUT2D eigenvalue weighted by molar-refractivity contribution is 0.186. The maximum absolute atomic E-state index is 12.0. The molecule has 90 valence electrons. The Morgan fingerprint density at radius 2 is 2.06 bits per heavy atom. The molecule has 0 unspecified atom stereocenters. The van der Waals surface area contributed by atoms with Gasteiger partial charge in [-0.25, -0.2) is 9.48 Å². The highest BCUT2D eigenvalue weighted by Crippen LogP contribution is 2.19. The first kappa shape index (κ1) is 11.7. The summed E-state index contributed by atoms with van der Waals surface area (Å²) in [5.74, 6) is 0. The third kappa shape index (κ3) is 1.72. The fourth-order valence-corrected chi connectivity index (χ4v) is 2.02. The average molecular weight is 255 g/mol. The molecule has 1 N–H and O–H groups in total. The van der Waals surface area contributed by atoms with E-state index in [1.54, 1.807) is 26.0 Å². The average Bonchev–Trinajstić information content (AvgIpc) is 2.51. The summed E-state index contributed by atoms with van der Waals surface area (Å²) < 4.78 is 2.14. The molecule has 1 heterocycles. The normalized spacial score (nSPS) is 11.3. The van der Waals surface area contributed by atoms with Gasteiger partial charge in [0.05, 0.1) is 10.9 Å². The van der Waals surface area contributed by atoms with E-state index in [0.717, 1.165) is 4.68 Å². The van der Waals surface area contributed by atoms with E-state index in [1.807, 2.05) is 0 Å². The molecule has 6 heteroatoms. The lowest BCUT2D eigenvalue weighted by atomic mass is 10.2. The third-order valence-electron chi connectivity index (χ3n) is 2.51. The van der Waals surface area contributed by atoms with E-state index in [4.69, 9.17) is 11.6 Å². The number of halogens is 1. The summed E-state index contributed by atoms with van der Waals surface area (Å²) in [7, 11) is 0. The number of carboxylic acid groups (broad SMARTS) is 1. The predicted molar refractivity (Wildman–Crippen MR) is 65.0 cm³/mol. The van der Waals surface area contributed by atoms with Crippen LogP contribution in [0.2, 0.25) is 5.02 Å². The molecule has 0 aliphatic carbocycles. The Balaban J connectivity index is 2.99. The van der Waals surface area contributed by atoms with Crippen molar-refractivity contribution >= 4 is 28.6 Å². The maximum Gasteiger partial charge on any atom is 0.431 e. The SMILES string of the molecule is CC(C)n1c(=O)c2ccc(Cl)cc2n1C(=O)O. The highest BCUT2D eigenvalue weighted by atomic mass is 35.5. The minimum atomic E-state index is -1.20. The molecule has 2 aromatic rings. The predicted octanol–water partition coefficient (Wildman–Crippen LogP) is 2.56. The molecule has 0 saturated carbocycles. The Kier molecular flexibility index (Phi) is 2.71. The zero-order valence-corrected chi connectivity index (χ0v) is 10.1. The first-order valence-corrected chi connectivity index (χ1v) is 5.47. The van der Waals surface area contributed by atoms with Crippen molar-refractivity contribution in [1.82, 2.24) is 9.36 Å². The van der Waals surface area contributed by atoms with E-state index in [-0.39, 0.29) is 11.6 Å². The number of aromatic nitrogens is 2. The number of carbonyl (C=O) groups is 1. The Hall–Kier alpha value is -1.75. The summed E-state index contributed by atoms with van der Waals surface area (Å²) in [4.78, 5) is 23.3. The van der Waals surface area contributed by atoms with Crippen LogP contribution in [0.5, 0.6) is 0 Å². The zero-order valence-electron chi connectivity index (χ0n) is 9.35. The molecule has 17 heavy (non-hydrogen) atoms. The van der Waals surface area contributed by atoms with Gasteiger partial charge in [0.15, 0.2) is 0 Å². The molecule has 2 rings (SSSR count). The maximum atomic E-state index is 12.0. The lowest BCUT2D eigenvalue weighted by Crippen LogP contribution is -2.28. The second-order valence-electron chi connectivity index (χ2n) is 4.00. The summed E-state index contributed by atoms with van der Waals surface area (Å²) >= 11 is 5.82. The molecular weight excluding hydrogens is 244 g/mol. The molecule has 0 bridgehead atoms. The van der Waals surface area contributed by atoms with Crippen LogP contribution in [-0.2, 0) is 0 Å². The third-order valence-corrected chi connectivity index (χ3v) is 2.75. The number of benzene rings is 1. The van der Waals surface area contributed by atoms with Crippen molar-refractivity contribution in [2.75, 3.05) is 0 Å². The van der Waals surface area contributed by atoms with Crippen LogP contribution < -0.4 is 5.56 Å². The van der Waals surface area contributed by atoms with Gasteiger partial charge < -0.3 is 5.11 Å². The number of fused-ring (bicyclic) bond motifs is 1. The lowest BCUT2D eigenvalue weighted by Gasteiger charge is -2.10. The van der Waals surface area contributed by atoms with Crippen molar-refractivity contribution in [3.05, 3.63) is 33.6 Å². The van der Waals surface area contributed by atoms with E-state index < -0.39 is 6.09 Å². The van der Waals surface area contributed by atoms with Crippen LogP contribution in [0.25, 0.3) is 10.9 Å². The van der Waals surface area contributed by atoms with E-state index in [1.165, 1.54) is 10.7 Å². The fourth-order valence-electron chi connectivity index (χ4n) is 1.85. The Morgan fingerprint density at radius 1 is 1.41 bits per heavy atom. The van der Waals surface area contributed by atoms with Crippen LogP contribution in [0.15, 0.2) is 23.0 Å². The van der Waals surface area contributed by atoms with E-state index in [9.17, 15) is 14.7 Å². The van der Waals surface area contributed by atoms with Crippen LogP contribution in [0.4, 0.5) is 4.79 Å². The molecular formula is C11H11ClN2O3. The summed E-state index contributed by atoms with van der Waals surface area (Å²) in [5, 5.41) is 9.93. The van der Waals surface area contributed by atoms with Crippen LogP contribution in [0.3, 0.4) is 0 Å². The number of rotatable bonds is 1. The fraction of sp³-hybridized carbons (Fsp3) is 0.273. The second-order valence-corrected chi connectivity index (χ2v) is 4.44. The molecule has 0 spiro atoms. The topological polar surface area (TPSA) is 64.2 Å². The van der Waals surface area contributed by atoms with Crippen molar-refractivity contribution < 1.29 is 9.90 Å². The van der Waals surface area contributed by atoms with Gasteiger partial charge in [0.1, 0.15) is 0 Å². The summed E-state index contributed by atoms with van der Waals surface area (Å²) in [6.45, 7) is 3.50.